The molecule has 0 radical (unpaired) electrons. The third kappa shape index (κ3) is 4.43. The molecule has 4 nitrogen and oxygen atoms in total. The molecule has 1 aliphatic heterocycles. The van der Waals surface area contributed by atoms with Gasteiger partial charge in [0.2, 0.25) is 0 Å². The van der Waals surface area contributed by atoms with Gasteiger partial charge in [-0.15, -0.1) is 0 Å². The van der Waals surface area contributed by atoms with E-state index in [1.54, 1.807) is 6.20 Å². The minimum atomic E-state index is -2.62. The Morgan fingerprint density at radius 1 is 0.938 bits per heavy atom. The van der Waals surface area contributed by atoms with E-state index in [4.69, 9.17) is 9.16 Å². The molecule has 1 saturated heterocycles. The molecular weight excluding hydrogens is 414 g/mol. The molecule has 0 atom stereocenters. The van der Waals surface area contributed by atoms with E-state index in [-0.39, 0.29) is 5.04 Å². The molecule has 1 aliphatic rings. The zero-order chi connectivity index (χ0) is 22.7. The van der Waals surface area contributed by atoms with Crippen LogP contribution in [-0.4, -0.2) is 31.6 Å². The third-order valence-corrected chi connectivity index (χ3v) is 11.5. The third-order valence-electron chi connectivity index (χ3n) is 6.52. The van der Waals surface area contributed by atoms with Crippen molar-refractivity contribution in [3.63, 3.8) is 0 Å². The van der Waals surface area contributed by atoms with Gasteiger partial charge in [-0.2, -0.15) is 0 Å². The summed E-state index contributed by atoms with van der Waals surface area (Å²) in [6.45, 7) is 8.41. The highest BCUT2D eigenvalue weighted by Crippen LogP contribution is 2.37. The lowest BCUT2D eigenvalue weighted by molar-refractivity contribution is -0.0681. The summed E-state index contributed by atoms with van der Waals surface area (Å²) < 4.78 is 12.5. The molecule has 2 aromatic carbocycles. The SMILES string of the molecule is CC(C)(C)[Si](OCc1cncc(C2(O)CCOCC2)c1)(c1ccccc1)c1ccccc1. The maximum Gasteiger partial charge on any atom is 0.261 e. The second-order valence-corrected chi connectivity index (χ2v) is 14.0. The quantitative estimate of drug-likeness (QED) is 0.577. The van der Waals surface area contributed by atoms with Crippen molar-refractivity contribution in [3.05, 3.63) is 90.3 Å². The molecule has 0 saturated carbocycles. The van der Waals surface area contributed by atoms with E-state index in [9.17, 15) is 5.11 Å². The Hall–Kier alpha value is -2.31. The van der Waals surface area contributed by atoms with E-state index in [1.165, 1.54) is 10.4 Å². The van der Waals surface area contributed by atoms with Gasteiger partial charge in [-0.1, -0.05) is 81.4 Å². The summed E-state index contributed by atoms with van der Waals surface area (Å²) in [5.74, 6) is 0. The van der Waals surface area contributed by atoms with Gasteiger partial charge in [0, 0.05) is 44.0 Å². The molecule has 2 heterocycles. The largest absolute Gasteiger partial charge is 0.403 e. The van der Waals surface area contributed by atoms with Crippen molar-refractivity contribution in [2.24, 2.45) is 0 Å². The van der Waals surface area contributed by atoms with Gasteiger partial charge in [0.05, 0.1) is 12.2 Å². The van der Waals surface area contributed by atoms with Crippen LogP contribution in [0.4, 0.5) is 0 Å². The number of ether oxygens (including phenoxy) is 1. The molecule has 32 heavy (non-hydrogen) atoms. The van der Waals surface area contributed by atoms with Crippen molar-refractivity contribution in [2.45, 2.75) is 50.9 Å². The van der Waals surface area contributed by atoms with Crippen LogP contribution in [0.25, 0.3) is 0 Å². The Labute approximate surface area is 192 Å². The molecule has 0 bridgehead atoms. The number of nitrogens with zero attached hydrogens (tertiary/aromatic N) is 1. The summed E-state index contributed by atoms with van der Waals surface area (Å²) in [7, 11) is -2.62. The second kappa shape index (κ2) is 9.28. The van der Waals surface area contributed by atoms with Gasteiger partial charge >= 0.3 is 0 Å². The van der Waals surface area contributed by atoms with Crippen molar-refractivity contribution >= 4 is 18.7 Å². The predicted octanol–water partition coefficient (Wildman–Crippen LogP) is 4.16. The van der Waals surface area contributed by atoms with E-state index in [0.717, 1.165) is 11.1 Å². The number of benzene rings is 2. The molecule has 1 N–H and O–H groups in total. The molecule has 1 aromatic heterocycles. The van der Waals surface area contributed by atoms with Gasteiger partial charge in [0.15, 0.2) is 0 Å². The van der Waals surface area contributed by atoms with Crippen LogP contribution in [0.2, 0.25) is 5.04 Å². The average Bonchev–Trinajstić information content (AvgIpc) is 2.81. The molecule has 0 unspecified atom stereocenters. The van der Waals surface area contributed by atoms with Crippen LogP contribution in [0.5, 0.6) is 0 Å². The van der Waals surface area contributed by atoms with E-state index >= 15 is 0 Å². The summed E-state index contributed by atoms with van der Waals surface area (Å²) >= 11 is 0. The highest BCUT2D eigenvalue weighted by molar-refractivity contribution is 6.99. The van der Waals surface area contributed by atoms with Gasteiger partial charge in [-0.3, -0.25) is 4.98 Å². The maximum absolute atomic E-state index is 11.1. The standard InChI is InChI=1S/C27H33NO3Si/c1-26(2,3)32(24-10-6-4-7-11-24,25-12-8-5-9-13-25)31-21-22-18-23(20-28-19-22)27(29)14-16-30-17-15-27/h4-13,18-20,29H,14-17,21H2,1-3H3. The number of aromatic nitrogens is 1. The maximum atomic E-state index is 11.1. The zero-order valence-corrected chi connectivity index (χ0v) is 20.3. The lowest BCUT2D eigenvalue weighted by atomic mass is 9.87. The lowest BCUT2D eigenvalue weighted by Crippen LogP contribution is -2.66. The first kappa shape index (κ1) is 22.9. The molecular formula is C27H33NO3Si. The van der Waals surface area contributed by atoms with E-state index in [2.05, 4.69) is 92.5 Å². The van der Waals surface area contributed by atoms with Crippen LogP contribution in [0.1, 0.15) is 44.7 Å². The minimum Gasteiger partial charge on any atom is -0.403 e. The minimum absolute atomic E-state index is 0.0837. The van der Waals surface area contributed by atoms with E-state index in [1.807, 2.05) is 6.20 Å². The molecule has 5 heteroatoms. The van der Waals surface area contributed by atoms with Crippen molar-refractivity contribution < 1.29 is 14.3 Å². The highest BCUT2D eigenvalue weighted by atomic mass is 28.4. The Morgan fingerprint density at radius 3 is 2.03 bits per heavy atom. The number of rotatable bonds is 6. The van der Waals surface area contributed by atoms with Crippen LogP contribution in [-0.2, 0) is 21.4 Å². The predicted molar refractivity (Wildman–Crippen MR) is 131 cm³/mol. The lowest BCUT2D eigenvalue weighted by Gasteiger charge is -2.43. The summed E-state index contributed by atoms with van der Waals surface area (Å²) in [6.07, 6.45) is 4.81. The highest BCUT2D eigenvalue weighted by Gasteiger charge is 2.50. The van der Waals surface area contributed by atoms with E-state index < -0.39 is 13.9 Å². The molecule has 4 rings (SSSR count). The summed E-state index contributed by atoms with van der Waals surface area (Å²) in [6, 6.07) is 23.3. The fourth-order valence-corrected chi connectivity index (χ4v) is 9.31. The van der Waals surface area contributed by atoms with Crippen molar-refractivity contribution in [1.82, 2.24) is 4.98 Å². The Kier molecular flexibility index (Phi) is 6.63. The topological polar surface area (TPSA) is 51.6 Å². The molecule has 168 valence electrons. The van der Waals surface area contributed by atoms with Crippen molar-refractivity contribution in [2.75, 3.05) is 13.2 Å². The van der Waals surface area contributed by atoms with Crippen LogP contribution in [0.3, 0.4) is 0 Å². The fourth-order valence-electron chi connectivity index (χ4n) is 4.77. The van der Waals surface area contributed by atoms with Crippen molar-refractivity contribution in [3.8, 4) is 0 Å². The second-order valence-electron chi connectivity index (χ2n) is 9.68. The zero-order valence-electron chi connectivity index (χ0n) is 19.3. The average molecular weight is 448 g/mol. The fraction of sp³-hybridized carbons (Fsp3) is 0.370. The van der Waals surface area contributed by atoms with Crippen molar-refractivity contribution in [1.29, 1.82) is 0 Å². The van der Waals surface area contributed by atoms with Gasteiger partial charge < -0.3 is 14.3 Å². The number of hydrogen-bond donors (Lipinski definition) is 1. The Morgan fingerprint density at radius 2 is 1.50 bits per heavy atom. The monoisotopic (exact) mass is 447 g/mol. The van der Waals surface area contributed by atoms with Gasteiger partial charge in [-0.05, 0) is 27.0 Å². The Balaban J connectivity index is 1.71. The van der Waals surface area contributed by atoms with Gasteiger partial charge in [0.1, 0.15) is 0 Å². The number of pyridine rings is 1. The van der Waals surface area contributed by atoms with Gasteiger partial charge in [-0.25, -0.2) is 0 Å². The van der Waals surface area contributed by atoms with E-state index in [0.29, 0.717) is 32.7 Å². The first-order valence-corrected chi connectivity index (χ1v) is 13.3. The van der Waals surface area contributed by atoms with Gasteiger partial charge in [0.25, 0.3) is 8.32 Å². The summed E-state index contributed by atoms with van der Waals surface area (Å²) in [5.41, 5.74) is 0.957. The first-order valence-electron chi connectivity index (χ1n) is 11.3. The number of aliphatic hydroxyl groups is 1. The molecule has 0 aliphatic carbocycles. The van der Waals surface area contributed by atoms with Crippen LogP contribution < -0.4 is 10.4 Å². The summed E-state index contributed by atoms with van der Waals surface area (Å²) in [4.78, 5) is 4.45. The molecule has 1 fully saturated rings. The molecule has 3 aromatic rings. The molecule has 0 spiro atoms. The Bertz CT molecular complexity index is 972. The van der Waals surface area contributed by atoms with Crippen LogP contribution in [0, 0.1) is 0 Å². The molecule has 0 amide bonds. The smallest absolute Gasteiger partial charge is 0.261 e. The summed E-state index contributed by atoms with van der Waals surface area (Å²) in [5, 5.41) is 13.6. The van der Waals surface area contributed by atoms with Crippen LogP contribution in [0.15, 0.2) is 79.1 Å². The number of hydrogen-bond acceptors (Lipinski definition) is 4. The normalized spacial score (nSPS) is 16.6. The first-order chi connectivity index (χ1) is 15.4. The van der Waals surface area contributed by atoms with Crippen LogP contribution >= 0.6 is 0 Å².